The number of carboxylic acids is 1. The van der Waals surface area contributed by atoms with Gasteiger partial charge in [-0.05, 0) is 40.0 Å². The molecule has 20 heavy (non-hydrogen) atoms. The second kappa shape index (κ2) is 4.63. The van der Waals surface area contributed by atoms with Crippen molar-refractivity contribution in [3.05, 3.63) is 49.6 Å². The van der Waals surface area contributed by atoms with Crippen molar-refractivity contribution < 1.29 is 14.3 Å². The van der Waals surface area contributed by atoms with Gasteiger partial charge in [-0.2, -0.15) is 0 Å². The molecule has 3 nitrogen and oxygen atoms in total. The highest BCUT2D eigenvalue weighted by Gasteiger charge is 2.48. The summed E-state index contributed by atoms with van der Waals surface area (Å²) < 4.78 is 14.5. The molecular weight excluding hydrogens is 345 g/mol. The number of hydrogen-bond acceptors (Lipinski definition) is 3. The number of fused-ring (bicyclic) bond motifs is 1. The Morgan fingerprint density at radius 2 is 2.25 bits per heavy atom. The first-order chi connectivity index (χ1) is 9.44. The van der Waals surface area contributed by atoms with E-state index in [9.17, 15) is 14.3 Å². The Hall–Kier alpha value is -1.27. The second-order valence-electron chi connectivity index (χ2n) is 4.99. The van der Waals surface area contributed by atoms with E-state index in [0.717, 1.165) is 14.5 Å². The van der Waals surface area contributed by atoms with Gasteiger partial charge >= 0.3 is 5.97 Å². The van der Waals surface area contributed by atoms with Gasteiger partial charge in [0, 0.05) is 17.7 Å². The molecule has 0 radical (unpaired) electrons. The van der Waals surface area contributed by atoms with E-state index >= 15 is 0 Å². The zero-order chi connectivity index (χ0) is 14.5. The number of carbonyl (C=O) groups is 1. The van der Waals surface area contributed by atoms with Gasteiger partial charge in [0.1, 0.15) is 11.2 Å². The van der Waals surface area contributed by atoms with Crippen molar-refractivity contribution in [1.82, 2.24) is 4.98 Å². The third-order valence-electron chi connectivity index (χ3n) is 3.88. The lowest BCUT2D eigenvalue weighted by molar-refractivity contribution is -0.143. The van der Waals surface area contributed by atoms with E-state index in [4.69, 9.17) is 0 Å². The molecule has 0 amide bonds. The molecule has 0 saturated heterocycles. The number of benzene rings is 1. The minimum Gasteiger partial charge on any atom is -0.481 e. The molecule has 104 valence electrons. The molecule has 1 N–H and O–H groups in total. The fourth-order valence-electron chi connectivity index (χ4n) is 2.83. The van der Waals surface area contributed by atoms with E-state index in [1.807, 2.05) is 0 Å². The van der Waals surface area contributed by atoms with Gasteiger partial charge in [-0.15, -0.1) is 11.3 Å². The van der Waals surface area contributed by atoms with Crippen molar-refractivity contribution in [3.8, 4) is 0 Å². The Kier molecular flexibility index (Phi) is 3.17. The van der Waals surface area contributed by atoms with Crippen LogP contribution in [0.3, 0.4) is 0 Å². The van der Waals surface area contributed by atoms with E-state index in [-0.39, 0.29) is 5.82 Å². The van der Waals surface area contributed by atoms with Crippen LogP contribution in [0.2, 0.25) is 0 Å². The molecule has 2 aromatic rings. The fraction of sp³-hybridized carbons (Fsp3) is 0.286. The molecule has 1 atom stereocenters. The number of rotatable bonds is 2. The van der Waals surface area contributed by atoms with E-state index in [1.54, 1.807) is 19.1 Å². The second-order valence-corrected chi connectivity index (χ2v) is 7.35. The van der Waals surface area contributed by atoms with Gasteiger partial charge < -0.3 is 5.11 Å². The largest absolute Gasteiger partial charge is 0.481 e. The summed E-state index contributed by atoms with van der Waals surface area (Å²) in [5, 5.41) is 9.74. The molecule has 0 saturated carbocycles. The Labute approximate surface area is 127 Å². The topological polar surface area (TPSA) is 50.2 Å². The summed E-state index contributed by atoms with van der Waals surface area (Å²) in [5.41, 5.74) is 0.657. The standard InChI is InChI=1S/C14H11BrFNO2S/c1-7-8(3-2-4-9(7)16)14(12(18)19)5-10-11(6-14)20-13(15)17-10/h2-4H,5-6H2,1H3,(H,18,19). The molecule has 1 aromatic heterocycles. The number of thiazole rings is 1. The zero-order valence-corrected chi connectivity index (χ0v) is 13.0. The summed E-state index contributed by atoms with van der Waals surface area (Å²) in [7, 11) is 0. The molecule has 1 heterocycles. The van der Waals surface area contributed by atoms with Crippen LogP contribution in [0.4, 0.5) is 4.39 Å². The summed E-state index contributed by atoms with van der Waals surface area (Å²) in [6.45, 7) is 1.63. The van der Waals surface area contributed by atoms with Gasteiger partial charge in [-0.25, -0.2) is 9.37 Å². The average molecular weight is 356 g/mol. The molecule has 1 aliphatic carbocycles. The Morgan fingerprint density at radius 3 is 2.90 bits per heavy atom. The maximum Gasteiger partial charge on any atom is 0.314 e. The van der Waals surface area contributed by atoms with Gasteiger partial charge in [0.25, 0.3) is 0 Å². The molecule has 3 rings (SSSR count). The molecule has 0 bridgehead atoms. The van der Waals surface area contributed by atoms with Crippen LogP contribution in [0.5, 0.6) is 0 Å². The van der Waals surface area contributed by atoms with Crippen molar-refractivity contribution in [2.45, 2.75) is 25.2 Å². The van der Waals surface area contributed by atoms with Gasteiger partial charge in [-0.3, -0.25) is 4.79 Å². The fourth-order valence-corrected chi connectivity index (χ4v) is 4.55. The normalized spacial score (nSPS) is 20.9. The van der Waals surface area contributed by atoms with Crippen LogP contribution >= 0.6 is 27.3 Å². The van der Waals surface area contributed by atoms with Crippen molar-refractivity contribution in [1.29, 1.82) is 0 Å². The predicted molar refractivity (Wildman–Crippen MR) is 77.7 cm³/mol. The maximum atomic E-state index is 13.8. The summed E-state index contributed by atoms with van der Waals surface area (Å²) in [6.07, 6.45) is 0.676. The summed E-state index contributed by atoms with van der Waals surface area (Å²) in [6, 6.07) is 4.63. The third-order valence-corrected chi connectivity index (χ3v) is 5.43. The molecule has 1 aromatic carbocycles. The van der Waals surface area contributed by atoms with E-state index in [1.165, 1.54) is 17.4 Å². The van der Waals surface area contributed by atoms with Crippen molar-refractivity contribution in [3.63, 3.8) is 0 Å². The Bertz CT molecular complexity index is 690. The monoisotopic (exact) mass is 355 g/mol. The molecule has 1 unspecified atom stereocenters. The zero-order valence-electron chi connectivity index (χ0n) is 10.6. The lowest BCUT2D eigenvalue weighted by Gasteiger charge is -2.26. The summed E-state index contributed by atoms with van der Waals surface area (Å²) in [5.74, 6) is -1.29. The molecule has 0 fully saturated rings. The van der Waals surface area contributed by atoms with Crippen LogP contribution < -0.4 is 0 Å². The van der Waals surface area contributed by atoms with E-state index < -0.39 is 11.4 Å². The van der Waals surface area contributed by atoms with E-state index in [0.29, 0.717) is 24.0 Å². The van der Waals surface area contributed by atoms with Gasteiger partial charge in [0.15, 0.2) is 3.92 Å². The number of hydrogen-bond donors (Lipinski definition) is 1. The lowest BCUT2D eigenvalue weighted by Crippen LogP contribution is -2.37. The maximum absolute atomic E-state index is 13.8. The molecule has 1 aliphatic rings. The molecule has 6 heteroatoms. The highest BCUT2D eigenvalue weighted by atomic mass is 79.9. The number of carboxylic acid groups (broad SMARTS) is 1. The highest BCUT2D eigenvalue weighted by Crippen LogP contribution is 2.44. The summed E-state index contributed by atoms with van der Waals surface area (Å²) >= 11 is 4.76. The third kappa shape index (κ3) is 1.90. The van der Waals surface area contributed by atoms with Crippen molar-refractivity contribution in [2.24, 2.45) is 0 Å². The van der Waals surface area contributed by atoms with Gasteiger partial charge in [-0.1, -0.05) is 12.1 Å². The first-order valence-electron chi connectivity index (χ1n) is 6.07. The minimum atomic E-state index is -1.10. The van der Waals surface area contributed by atoms with Gasteiger partial charge in [0.05, 0.1) is 5.69 Å². The smallest absolute Gasteiger partial charge is 0.314 e. The number of halogens is 2. The van der Waals surface area contributed by atoms with Crippen LogP contribution in [0.25, 0.3) is 0 Å². The Balaban J connectivity index is 2.14. The van der Waals surface area contributed by atoms with E-state index in [2.05, 4.69) is 20.9 Å². The first-order valence-corrected chi connectivity index (χ1v) is 7.68. The molecular formula is C14H11BrFNO2S. The highest BCUT2D eigenvalue weighted by molar-refractivity contribution is 9.11. The minimum absolute atomic E-state index is 0.310. The van der Waals surface area contributed by atoms with Crippen molar-refractivity contribution >= 4 is 33.2 Å². The van der Waals surface area contributed by atoms with Crippen LogP contribution in [-0.2, 0) is 23.1 Å². The first kappa shape index (κ1) is 13.7. The SMILES string of the molecule is Cc1c(F)cccc1C1(C(=O)O)Cc2nc(Br)sc2C1. The van der Waals surface area contributed by atoms with Crippen LogP contribution in [0.15, 0.2) is 22.1 Å². The molecule has 0 aliphatic heterocycles. The van der Waals surface area contributed by atoms with Crippen LogP contribution in [0, 0.1) is 12.7 Å². The summed E-state index contributed by atoms with van der Waals surface area (Å²) in [4.78, 5) is 17.2. The predicted octanol–water partition coefficient (Wildman–Crippen LogP) is 3.47. The Morgan fingerprint density at radius 1 is 1.50 bits per heavy atom. The quantitative estimate of drug-likeness (QED) is 0.897. The number of nitrogens with zero attached hydrogens (tertiary/aromatic N) is 1. The average Bonchev–Trinajstić information content (AvgIpc) is 2.87. The van der Waals surface area contributed by atoms with Crippen LogP contribution in [0.1, 0.15) is 21.7 Å². The number of aliphatic carboxylic acids is 1. The lowest BCUT2D eigenvalue weighted by atomic mass is 9.76. The van der Waals surface area contributed by atoms with Gasteiger partial charge in [0.2, 0.25) is 0 Å². The van der Waals surface area contributed by atoms with Crippen LogP contribution in [-0.4, -0.2) is 16.1 Å². The van der Waals surface area contributed by atoms with Crippen molar-refractivity contribution in [2.75, 3.05) is 0 Å². The molecule has 0 spiro atoms. The number of aromatic nitrogens is 1.